The van der Waals surface area contributed by atoms with Crippen LogP contribution in [-0.4, -0.2) is 40.7 Å². The van der Waals surface area contributed by atoms with E-state index in [9.17, 15) is 14.9 Å². The number of nitrogens with zero attached hydrogens (tertiary/aromatic N) is 3. The lowest BCUT2D eigenvalue weighted by Crippen LogP contribution is -2.40. The number of aromatic nitrogens is 1. The molecular formula is C14H20N4O4. The molecule has 0 saturated carbocycles. The second-order valence-corrected chi connectivity index (χ2v) is 6.21. The summed E-state index contributed by atoms with van der Waals surface area (Å²) in [5.41, 5.74) is -0.561. The molecular weight excluding hydrogens is 288 g/mol. The van der Waals surface area contributed by atoms with Crippen molar-refractivity contribution in [2.45, 2.75) is 38.8 Å². The molecule has 8 nitrogen and oxygen atoms in total. The number of nitrogens with one attached hydrogen (secondary N) is 1. The largest absolute Gasteiger partial charge is 0.444 e. The molecule has 1 aliphatic heterocycles. The van der Waals surface area contributed by atoms with Gasteiger partial charge in [0.2, 0.25) is 0 Å². The zero-order valence-electron chi connectivity index (χ0n) is 12.9. The first kappa shape index (κ1) is 16.0. The van der Waals surface area contributed by atoms with Crippen LogP contribution >= 0.6 is 0 Å². The first-order valence-electron chi connectivity index (χ1n) is 7.09. The second-order valence-electron chi connectivity index (χ2n) is 6.21. The van der Waals surface area contributed by atoms with Crippen molar-refractivity contribution in [1.29, 1.82) is 0 Å². The summed E-state index contributed by atoms with van der Waals surface area (Å²) in [7, 11) is 0. The van der Waals surface area contributed by atoms with Crippen molar-refractivity contribution in [3.63, 3.8) is 0 Å². The molecule has 2 heterocycles. The lowest BCUT2D eigenvalue weighted by Gasteiger charge is -2.22. The van der Waals surface area contributed by atoms with Crippen molar-refractivity contribution in [2.24, 2.45) is 0 Å². The first-order valence-corrected chi connectivity index (χ1v) is 7.09. The normalized spacial score (nSPS) is 18.1. The van der Waals surface area contributed by atoms with Gasteiger partial charge in [-0.1, -0.05) is 0 Å². The van der Waals surface area contributed by atoms with Gasteiger partial charge in [0.1, 0.15) is 17.6 Å². The third-order valence-corrected chi connectivity index (χ3v) is 3.18. The number of nitro groups is 1. The summed E-state index contributed by atoms with van der Waals surface area (Å²) in [6, 6.07) is 3.03. The number of ether oxygens (including phenoxy) is 1. The Morgan fingerprint density at radius 1 is 1.50 bits per heavy atom. The number of anilines is 1. The Bertz CT molecular complexity index is 553. The smallest absolute Gasteiger partial charge is 0.407 e. The van der Waals surface area contributed by atoms with E-state index in [1.165, 1.54) is 12.3 Å². The predicted octanol–water partition coefficient (Wildman–Crippen LogP) is 2.09. The topological polar surface area (TPSA) is 97.6 Å². The number of alkyl carbamates (subject to hydrolysis) is 1. The van der Waals surface area contributed by atoms with E-state index >= 15 is 0 Å². The summed E-state index contributed by atoms with van der Waals surface area (Å²) < 4.78 is 5.22. The highest BCUT2D eigenvalue weighted by Gasteiger charge is 2.27. The van der Waals surface area contributed by atoms with Gasteiger partial charge in [-0.05, 0) is 33.3 Å². The molecule has 0 spiro atoms. The highest BCUT2D eigenvalue weighted by Crippen LogP contribution is 2.20. The number of carbonyl (C=O) groups is 1. The number of hydrogen-bond donors (Lipinski definition) is 1. The molecule has 0 bridgehead atoms. The molecule has 2 rings (SSSR count). The molecule has 0 unspecified atom stereocenters. The molecule has 120 valence electrons. The van der Waals surface area contributed by atoms with Crippen LogP contribution in [-0.2, 0) is 4.74 Å². The molecule has 8 heteroatoms. The Morgan fingerprint density at radius 3 is 2.77 bits per heavy atom. The first-order chi connectivity index (χ1) is 10.2. The van der Waals surface area contributed by atoms with Crippen LogP contribution in [0.3, 0.4) is 0 Å². The van der Waals surface area contributed by atoms with Crippen molar-refractivity contribution in [3.05, 3.63) is 28.4 Å². The van der Waals surface area contributed by atoms with Crippen LogP contribution in [0.2, 0.25) is 0 Å². The lowest BCUT2D eigenvalue weighted by atomic mass is 10.2. The molecule has 1 saturated heterocycles. The van der Waals surface area contributed by atoms with E-state index in [4.69, 9.17) is 4.74 Å². The number of hydrogen-bond acceptors (Lipinski definition) is 6. The molecule has 1 aromatic rings. The average Bonchev–Trinajstić information content (AvgIpc) is 2.85. The molecule has 0 aromatic carbocycles. The van der Waals surface area contributed by atoms with Gasteiger partial charge in [-0.25, -0.2) is 9.78 Å². The van der Waals surface area contributed by atoms with Crippen molar-refractivity contribution in [1.82, 2.24) is 10.3 Å². The predicted molar refractivity (Wildman–Crippen MR) is 80.9 cm³/mol. The summed E-state index contributed by atoms with van der Waals surface area (Å²) in [6.45, 7) is 6.77. The van der Waals surface area contributed by atoms with Gasteiger partial charge in [0.05, 0.1) is 11.0 Å². The van der Waals surface area contributed by atoms with Crippen LogP contribution in [0.15, 0.2) is 18.3 Å². The van der Waals surface area contributed by atoms with Crippen LogP contribution in [0, 0.1) is 10.1 Å². The second kappa shape index (κ2) is 6.17. The Kier molecular flexibility index (Phi) is 4.48. The van der Waals surface area contributed by atoms with E-state index in [0.717, 1.165) is 13.0 Å². The number of pyridine rings is 1. The van der Waals surface area contributed by atoms with E-state index in [-0.39, 0.29) is 11.7 Å². The summed E-state index contributed by atoms with van der Waals surface area (Å²) in [4.78, 5) is 27.9. The number of carbonyl (C=O) groups excluding carboxylic acids is 1. The Hall–Kier alpha value is -2.38. The van der Waals surface area contributed by atoms with Gasteiger partial charge in [-0.3, -0.25) is 10.1 Å². The number of rotatable bonds is 3. The molecule has 1 N–H and O–H groups in total. The van der Waals surface area contributed by atoms with Gasteiger partial charge in [-0.2, -0.15) is 0 Å². The molecule has 1 amide bonds. The maximum absolute atomic E-state index is 11.7. The van der Waals surface area contributed by atoms with Crippen molar-refractivity contribution in [2.75, 3.05) is 18.0 Å². The van der Waals surface area contributed by atoms with Crippen LogP contribution < -0.4 is 10.2 Å². The van der Waals surface area contributed by atoms with Crippen molar-refractivity contribution < 1.29 is 14.5 Å². The lowest BCUT2D eigenvalue weighted by molar-refractivity contribution is -0.385. The van der Waals surface area contributed by atoms with Gasteiger partial charge >= 0.3 is 6.09 Å². The van der Waals surface area contributed by atoms with Gasteiger partial charge < -0.3 is 15.0 Å². The standard InChI is InChI=1S/C14H20N4O4/c1-14(2,3)22-13(19)16-10-6-7-17(9-10)12-5-4-11(8-15-12)18(20)21/h4-5,8,10H,6-7,9H2,1-3H3,(H,16,19)/t10-/m1/s1. The minimum atomic E-state index is -0.526. The zero-order chi connectivity index (χ0) is 16.3. The van der Waals surface area contributed by atoms with E-state index in [2.05, 4.69) is 10.3 Å². The molecule has 1 atom stereocenters. The molecule has 0 radical (unpaired) electrons. The minimum absolute atomic E-state index is 0.0214. The van der Waals surface area contributed by atoms with E-state index in [1.807, 2.05) is 25.7 Å². The van der Waals surface area contributed by atoms with Crippen molar-refractivity contribution in [3.8, 4) is 0 Å². The maximum atomic E-state index is 11.7. The maximum Gasteiger partial charge on any atom is 0.407 e. The quantitative estimate of drug-likeness (QED) is 0.678. The summed E-state index contributed by atoms with van der Waals surface area (Å²) in [5, 5.41) is 13.4. The SMILES string of the molecule is CC(C)(C)OC(=O)N[C@@H]1CCN(c2ccc([N+](=O)[O-])cn2)C1. The third-order valence-electron chi connectivity index (χ3n) is 3.18. The van der Waals surface area contributed by atoms with E-state index in [0.29, 0.717) is 12.4 Å². The Morgan fingerprint density at radius 2 is 2.23 bits per heavy atom. The molecule has 0 aliphatic carbocycles. The van der Waals surface area contributed by atoms with E-state index < -0.39 is 16.6 Å². The van der Waals surface area contributed by atoms with Crippen LogP contribution in [0.25, 0.3) is 0 Å². The summed E-state index contributed by atoms with van der Waals surface area (Å²) in [5.74, 6) is 0.666. The van der Waals surface area contributed by atoms with Crippen molar-refractivity contribution >= 4 is 17.6 Å². The van der Waals surface area contributed by atoms with Gasteiger partial charge in [-0.15, -0.1) is 0 Å². The minimum Gasteiger partial charge on any atom is -0.444 e. The van der Waals surface area contributed by atoms with Crippen LogP contribution in [0.1, 0.15) is 27.2 Å². The Labute approximate surface area is 128 Å². The molecule has 1 aromatic heterocycles. The van der Waals surface area contributed by atoms with Crippen LogP contribution in [0.4, 0.5) is 16.3 Å². The van der Waals surface area contributed by atoms with E-state index in [1.54, 1.807) is 6.07 Å². The highest BCUT2D eigenvalue weighted by atomic mass is 16.6. The summed E-state index contributed by atoms with van der Waals surface area (Å²) in [6.07, 6.45) is 1.58. The molecule has 22 heavy (non-hydrogen) atoms. The Balaban J connectivity index is 1.89. The molecule has 1 aliphatic rings. The van der Waals surface area contributed by atoms with Crippen LogP contribution in [0.5, 0.6) is 0 Å². The number of amides is 1. The monoisotopic (exact) mass is 308 g/mol. The fourth-order valence-corrected chi connectivity index (χ4v) is 2.23. The van der Waals surface area contributed by atoms with Gasteiger partial charge in [0, 0.05) is 19.2 Å². The fraction of sp³-hybridized carbons (Fsp3) is 0.571. The average molecular weight is 308 g/mol. The fourth-order valence-electron chi connectivity index (χ4n) is 2.23. The third kappa shape index (κ3) is 4.31. The zero-order valence-corrected chi connectivity index (χ0v) is 12.9. The molecule has 1 fully saturated rings. The van der Waals surface area contributed by atoms with Gasteiger partial charge in [0.25, 0.3) is 5.69 Å². The summed E-state index contributed by atoms with van der Waals surface area (Å²) >= 11 is 0. The highest BCUT2D eigenvalue weighted by molar-refractivity contribution is 5.68. The van der Waals surface area contributed by atoms with Gasteiger partial charge in [0.15, 0.2) is 0 Å².